The Labute approximate surface area is 128 Å². The van der Waals surface area contributed by atoms with Crippen molar-refractivity contribution in [2.24, 2.45) is 5.92 Å². The molecule has 0 saturated heterocycles. The van der Waals surface area contributed by atoms with Crippen LogP contribution in [0.15, 0.2) is 0 Å². The van der Waals surface area contributed by atoms with Crippen LogP contribution < -0.4 is 10.2 Å². The number of rotatable bonds is 9. The molecule has 0 saturated carbocycles. The Balaban J connectivity index is 2.78. The van der Waals surface area contributed by atoms with Gasteiger partial charge in [-0.05, 0) is 32.2 Å². The third-order valence-electron chi connectivity index (χ3n) is 3.65. The smallest absolute Gasteiger partial charge is 0.185 e. The molecule has 0 fully saturated rings. The van der Waals surface area contributed by atoms with Gasteiger partial charge in [-0.3, -0.25) is 0 Å². The lowest BCUT2D eigenvalue weighted by Crippen LogP contribution is -2.27. The molecule has 1 atom stereocenters. The lowest BCUT2D eigenvalue weighted by molar-refractivity contribution is 0.553. The molecule has 20 heavy (non-hydrogen) atoms. The van der Waals surface area contributed by atoms with Crippen molar-refractivity contribution in [1.82, 2.24) is 10.3 Å². The molecule has 0 bridgehead atoms. The Bertz CT molecular complexity index is 387. The van der Waals surface area contributed by atoms with Crippen LogP contribution in [0.25, 0.3) is 0 Å². The first-order valence-electron chi connectivity index (χ1n) is 7.91. The minimum Gasteiger partial charge on any atom is -0.348 e. The van der Waals surface area contributed by atoms with E-state index in [1.807, 2.05) is 11.3 Å². The summed E-state index contributed by atoms with van der Waals surface area (Å²) in [6.45, 7) is 13.2. The predicted molar refractivity (Wildman–Crippen MR) is 90.8 cm³/mol. The summed E-state index contributed by atoms with van der Waals surface area (Å²) < 4.78 is 0. The van der Waals surface area contributed by atoms with Crippen molar-refractivity contribution in [2.75, 3.05) is 18.5 Å². The van der Waals surface area contributed by atoms with Crippen LogP contribution in [0.4, 0.5) is 5.13 Å². The second-order valence-electron chi connectivity index (χ2n) is 6.01. The van der Waals surface area contributed by atoms with E-state index in [1.54, 1.807) is 0 Å². The Morgan fingerprint density at radius 3 is 2.50 bits per heavy atom. The van der Waals surface area contributed by atoms with Gasteiger partial charge in [-0.1, -0.05) is 34.1 Å². The fourth-order valence-corrected chi connectivity index (χ4v) is 3.17. The fraction of sp³-hybridized carbons (Fsp3) is 0.812. The van der Waals surface area contributed by atoms with E-state index in [2.05, 4.69) is 51.9 Å². The molecule has 3 nitrogen and oxygen atoms in total. The Morgan fingerprint density at radius 1 is 1.25 bits per heavy atom. The van der Waals surface area contributed by atoms with E-state index in [1.165, 1.54) is 15.7 Å². The summed E-state index contributed by atoms with van der Waals surface area (Å²) in [5.41, 5.74) is 1.29. The van der Waals surface area contributed by atoms with Crippen molar-refractivity contribution in [3.8, 4) is 0 Å². The summed E-state index contributed by atoms with van der Waals surface area (Å²) >= 11 is 1.86. The summed E-state index contributed by atoms with van der Waals surface area (Å²) in [7, 11) is 2.16. The number of hydrogen-bond acceptors (Lipinski definition) is 4. The van der Waals surface area contributed by atoms with Gasteiger partial charge >= 0.3 is 0 Å². The Hall–Kier alpha value is -0.610. The summed E-state index contributed by atoms with van der Waals surface area (Å²) in [5.74, 6) is 0.694. The van der Waals surface area contributed by atoms with Crippen LogP contribution in [0.5, 0.6) is 0 Å². The van der Waals surface area contributed by atoms with E-state index >= 15 is 0 Å². The van der Waals surface area contributed by atoms with Gasteiger partial charge in [0.05, 0.1) is 5.69 Å². The molecule has 4 heteroatoms. The molecule has 116 valence electrons. The predicted octanol–water partition coefficient (Wildman–Crippen LogP) is 4.08. The van der Waals surface area contributed by atoms with Crippen molar-refractivity contribution in [1.29, 1.82) is 0 Å². The van der Waals surface area contributed by atoms with Crippen LogP contribution in [-0.4, -0.2) is 24.6 Å². The highest BCUT2D eigenvalue weighted by Crippen LogP contribution is 2.28. The lowest BCUT2D eigenvalue weighted by atomic mass is 10.2. The summed E-state index contributed by atoms with van der Waals surface area (Å²) in [4.78, 5) is 8.60. The monoisotopic (exact) mass is 297 g/mol. The fourth-order valence-electron chi connectivity index (χ4n) is 2.03. The van der Waals surface area contributed by atoms with E-state index in [4.69, 9.17) is 4.98 Å². The van der Waals surface area contributed by atoms with Crippen LogP contribution in [-0.2, 0) is 13.0 Å². The lowest BCUT2D eigenvalue weighted by Gasteiger charge is -2.22. The molecule has 0 amide bonds. The van der Waals surface area contributed by atoms with Crippen LogP contribution in [0.2, 0.25) is 0 Å². The van der Waals surface area contributed by atoms with Gasteiger partial charge < -0.3 is 10.2 Å². The van der Waals surface area contributed by atoms with Gasteiger partial charge in [-0.15, -0.1) is 11.3 Å². The molecule has 0 aliphatic carbocycles. The van der Waals surface area contributed by atoms with Gasteiger partial charge in [0, 0.05) is 24.5 Å². The van der Waals surface area contributed by atoms with Gasteiger partial charge in [0.2, 0.25) is 0 Å². The molecule has 0 aliphatic heterocycles. The summed E-state index contributed by atoms with van der Waals surface area (Å²) in [5, 5.41) is 4.72. The molecule has 1 heterocycles. The second-order valence-corrected chi connectivity index (χ2v) is 7.07. The second kappa shape index (κ2) is 8.63. The number of aromatic nitrogens is 1. The quantitative estimate of drug-likeness (QED) is 0.744. The maximum absolute atomic E-state index is 4.87. The van der Waals surface area contributed by atoms with Gasteiger partial charge in [0.25, 0.3) is 0 Å². The highest BCUT2D eigenvalue weighted by Gasteiger charge is 2.16. The zero-order valence-electron chi connectivity index (χ0n) is 14.0. The van der Waals surface area contributed by atoms with Crippen molar-refractivity contribution in [3.63, 3.8) is 0 Å². The minimum absolute atomic E-state index is 0.548. The maximum Gasteiger partial charge on any atom is 0.185 e. The maximum atomic E-state index is 4.87. The number of nitrogens with one attached hydrogen (secondary N) is 1. The molecular weight excluding hydrogens is 266 g/mol. The SMILES string of the molecule is CCCc1nc(N(C)C(C)CC)sc1CNCC(C)C. The first-order chi connectivity index (χ1) is 9.49. The molecule has 0 radical (unpaired) electrons. The van der Waals surface area contributed by atoms with Gasteiger partial charge in [-0.2, -0.15) is 0 Å². The zero-order chi connectivity index (χ0) is 15.1. The van der Waals surface area contributed by atoms with Crippen LogP contribution in [0, 0.1) is 5.92 Å². The third kappa shape index (κ3) is 5.06. The van der Waals surface area contributed by atoms with E-state index in [-0.39, 0.29) is 0 Å². The average molecular weight is 298 g/mol. The highest BCUT2D eigenvalue weighted by molar-refractivity contribution is 7.15. The van der Waals surface area contributed by atoms with Crippen molar-refractivity contribution < 1.29 is 0 Å². The van der Waals surface area contributed by atoms with Gasteiger partial charge in [0.15, 0.2) is 5.13 Å². The third-order valence-corrected chi connectivity index (χ3v) is 4.83. The van der Waals surface area contributed by atoms with Crippen LogP contribution in [0.3, 0.4) is 0 Å². The van der Waals surface area contributed by atoms with Crippen LogP contribution >= 0.6 is 11.3 Å². The zero-order valence-corrected chi connectivity index (χ0v) is 14.8. The molecular formula is C16H31N3S. The van der Waals surface area contributed by atoms with Crippen molar-refractivity contribution in [3.05, 3.63) is 10.6 Å². The normalized spacial score (nSPS) is 12.9. The Morgan fingerprint density at radius 2 is 1.95 bits per heavy atom. The number of thiazole rings is 1. The molecule has 1 aromatic heterocycles. The first-order valence-corrected chi connectivity index (χ1v) is 8.73. The number of hydrogen-bond donors (Lipinski definition) is 1. The van der Waals surface area contributed by atoms with Crippen molar-refractivity contribution >= 4 is 16.5 Å². The minimum atomic E-state index is 0.548. The van der Waals surface area contributed by atoms with Gasteiger partial charge in [-0.25, -0.2) is 4.98 Å². The topological polar surface area (TPSA) is 28.2 Å². The first kappa shape index (κ1) is 17.4. The highest BCUT2D eigenvalue weighted by atomic mass is 32.1. The molecule has 1 N–H and O–H groups in total. The molecule has 1 unspecified atom stereocenters. The van der Waals surface area contributed by atoms with Crippen molar-refractivity contribution in [2.45, 2.75) is 66.5 Å². The molecule has 0 spiro atoms. The van der Waals surface area contributed by atoms with Gasteiger partial charge in [0.1, 0.15) is 0 Å². The van der Waals surface area contributed by atoms with E-state index in [0.717, 1.165) is 32.4 Å². The Kier molecular flexibility index (Phi) is 7.52. The van der Waals surface area contributed by atoms with E-state index in [0.29, 0.717) is 12.0 Å². The molecule has 1 rings (SSSR count). The number of aryl methyl sites for hydroxylation is 1. The number of nitrogens with zero attached hydrogens (tertiary/aromatic N) is 2. The molecule has 0 aliphatic rings. The molecule has 1 aromatic rings. The summed E-state index contributed by atoms with van der Waals surface area (Å²) in [6.07, 6.45) is 3.40. The molecule has 0 aromatic carbocycles. The van der Waals surface area contributed by atoms with E-state index in [9.17, 15) is 0 Å². The van der Waals surface area contributed by atoms with E-state index < -0.39 is 0 Å². The van der Waals surface area contributed by atoms with Crippen LogP contribution in [0.1, 0.15) is 58.0 Å². The standard InChI is InChI=1S/C16H31N3S/c1-7-9-14-15(11-17-10-12(3)4)20-16(18-14)19(6)13(5)8-2/h12-13,17H,7-11H2,1-6H3. The largest absolute Gasteiger partial charge is 0.348 e. The summed E-state index contributed by atoms with van der Waals surface area (Å²) in [6, 6.07) is 0.548. The average Bonchev–Trinajstić information content (AvgIpc) is 2.80. The number of anilines is 1.